The molecule has 3 heterocycles. The lowest BCUT2D eigenvalue weighted by Gasteiger charge is -2.31. The van der Waals surface area contributed by atoms with Gasteiger partial charge in [-0.2, -0.15) is 0 Å². The Kier molecular flexibility index (Phi) is 4.80. The van der Waals surface area contributed by atoms with Gasteiger partial charge in [0.25, 0.3) is 0 Å². The summed E-state index contributed by atoms with van der Waals surface area (Å²) in [6.45, 7) is 4.24. The fourth-order valence-electron chi connectivity index (χ4n) is 4.28. The van der Waals surface area contributed by atoms with Crippen LogP contribution in [0, 0.1) is 0 Å². The smallest absolute Gasteiger partial charge is 0.169 e. The number of hydrogen-bond acceptors (Lipinski definition) is 5. The Labute approximate surface area is 170 Å². The van der Waals surface area contributed by atoms with E-state index < -0.39 is 0 Å². The van der Waals surface area contributed by atoms with Gasteiger partial charge < -0.3 is 14.2 Å². The zero-order chi connectivity index (χ0) is 19.6. The number of benzene rings is 2. The summed E-state index contributed by atoms with van der Waals surface area (Å²) in [4.78, 5) is 6.68. The zero-order valence-electron chi connectivity index (χ0n) is 16.7. The van der Waals surface area contributed by atoms with Crippen LogP contribution in [0.2, 0.25) is 0 Å². The maximum atomic E-state index is 6.55. The second-order valence-corrected chi connectivity index (χ2v) is 7.67. The van der Waals surface area contributed by atoms with E-state index in [-0.39, 0.29) is 0 Å². The summed E-state index contributed by atoms with van der Waals surface area (Å²) in [5.74, 6) is 1.71. The first kappa shape index (κ1) is 18.0. The van der Waals surface area contributed by atoms with Gasteiger partial charge in [-0.25, -0.2) is 0 Å². The van der Waals surface area contributed by atoms with Crippen LogP contribution in [0.5, 0.6) is 11.5 Å². The Morgan fingerprint density at radius 1 is 1.03 bits per heavy atom. The lowest BCUT2D eigenvalue weighted by molar-refractivity contribution is 0.445. The van der Waals surface area contributed by atoms with Gasteiger partial charge in [0, 0.05) is 36.3 Å². The molecule has 1 fully saturated rings. The van der Waals surface area contributed by atoms with E-state index in [4.69, 9.17) is 9.26 Å². The molecule has 0 N–H and O–H groups in total. The van der Waals surface area contributed by atoms with Crippen LogP contribution in [0.4, 0.5) is 5.69 Å². The van der Waals surface area contributed by atoms with Crippen molar-refractivity contribution in [3.63, 3.8) is 0 Å². The highest BCUT2D eigenvalue weighted by Gasteiger charge is 2.23. The van der Waals surface area contributed by atoms with Crippen LogP contribution in [-0.2, 0) is 6.42 Å². The lowest BCUT2D eigenvalue weighted by atomic mass is 10.0. The number of anilines is 1. The summed E-state index contributed by atoms with van der Waals surface area (Å²) in [6, 6.07) is 12.1. The van der Waals surface area contributed by atoms with E-state index in [0.717, 1.165) is 70.6 Å². The van der Waals surface area contributed by atoms with Crippen molar-refractivity contribution < 1.29 is 9.26 Å². The number of ether oxygens (including phenoxy) is 1. The molecule has 0 amide bonds. The Balaban J connectivity index is 1.67. The van der Waals surface area contributed by atoms with Gasteiger partial charge in [0.05, 0.1) is 16.8 Å². The van der Waals surface area contributed by atoms with Crippen molar-refractivity contribution >= 4 is 27.4 Å². The highest BCUT2D eigenvalue weighted by Crippen LogP contribution is 2.42. The Bertz CT molecular complexity index is 1140. The van der Waals surface area contributed by atoms with Crippen molar-refractivity contribution in [1.29, 1.82) is 0 Å². The van der Waals surface area contributed by atoms with Crippen LogP contribution in [0.25, 0.3) is 21.7 Å². The molecule has 0 aliphatic carbocycles. The number of fused-ring (bicyclic) bond motifs is 2. The third-order valence-electron chi connectivity index (χ3n) is 5.67. The predicted octanol–water partition coefficient (Wildman–Crippen LogP) is 6.11. The summed E-state index contributed by atoms with van der Waals surface area (Å²) in [6.07, 6.45) is 9.29. The fraction of sp³-hybridized carbons (Fsp3) is 0.333. The van der Waals surface area contributed by atoms with Gasteiger partial charge in [0.15, 0.2) is 11.3 Å². The molecule has 0 atom stereocenters. The molecule has 0 spiro atoms. The Morgan fingerprint density at radius 3 is 2.79 bits per heavy atom. The largest absolute Gasteiger partial charge is 0.455 e. The van der Waals surface area contributed by atoms with Gasteiger partial charge in [-0.1, -0.05) is 30.6 Å². The molecule has 1 saturated heterocycles. The molecule has 0 unspecified atom stereocenters. The molecule has 1 aliphatic heterocycles. The first-order valence-corrected chi connectivity index (χ1v) is 10.5. The quantitative estimate of drug-likeness (QED) is 0.413. The molecule has 5 heteroatoms. The van der Waals surface area contributed by atoms with Crippen LogP contribution in [0.1, 0.15) is 38.3 Å². The monoisotopic (exact) mass is 387 g/mol. The molecule has 4 aromatic rings. The third kappa shape index (κ3) is 3.31. The standard InChI is InChI=1S/C24H25N3O2/c1-2-7-19-23-21(29-26-19)10-11-22(24(23)27-14-4-3-5-15-27)28-20-9-6-8-17-16-25-13-12-18(17)20/h6,8-13,16H,2-5,7,14-15H2,1H3. The highest BCUT2D eigenvalue weighted by atomic mass is 16.5. The number of nitrogens with zero attached hydrogens (tertiary/aromatic N) is 3. The Morgan fingerprint density at radius 2 is 1.93 bits per heavy atom. The number of aryl methyl sites for hydroxylation is 1. The molecule has 0 saturated carbocycles. The Hall–Kier alpha value is -3.08. The average molecular weight is 387 g/mol. The van der Waals surface area contributed by atoms with Crippen molar-refractivity contribution in [3.8, 4) is 11.5 Å². The van der Waals surface area contributed by atoms with E-state index >= 15 is 0 Å². The lowest BCUT2D eigenvalue weighted by Crippen LogP contribution is -2.30. The first-order chi connectivity index (χ1) is 14.3. The minimum Gasteiger partial charge on any atom is -0.455 e. The normalized spacial score (nSPS) is 14.6. The summed E-state index contributed by atoms with van der Waals surface area (Å²) >= 11 is 0. The summed E-state index contributed by atoms with van der Waals surface area (Å²) in [5, 5.41) is 7.61. The van der Waals surface area contributed by atoms with E-state index in [1.54, 1.807) is 0 Å². The van der Waals surface area contributed by atoms with E-state index in [2.05, 4.69) is 28.0 Å². The number of rotatable bonds is 5. The van der Waals surface area contributed by atoms with Crippen molar-refractivity contribution in [1.82, 2.24) is 10.1 Å². The molecule has 5 nitrogen and oxygen atoms in total. The molecular weight excluding hydrogens is 362 g/mol. The maximum absolute atomic E-state index is 6.55. The van der Waals surface area contributed by atoms with Crippen LogP contribution in [0.15, 0.2) is 53.3 Å². The van der Waals surface area contributed by atoms with Crippen molar-refractivity contribution in [3.05, 3.63) is 54.5 Å². The topological polar surface area (TPSA) is 51.4 Å². The second kappa shape index (κ2) is 7.74. The fourth-order valence-corrected chi connectivity index (χ4v) is 4.28. The molecule has 0 radical (unpaired) electrons. The molecule has 1 aliphatic rings. The second-order valence-electron chi connectivity index (χ2n) is 7.67. The number of pyridine rings is 1. The van der Waals surface area contributed by atoms with E-state index in [1.165, 1.54) is 19.3 Å². The van der Waals surface area contributed by atoms with Gasteiger partial charge in [0.2, 0.25) is 0 Å². The van der Waals surface area contributed by atoms with E-state index in [9.17, 15) is 0 Å². The predicted molar refractivity (Wildman–Crippen MR) is 116 cm³/mol. The van der Waals surface area contributed by atoms with Crippen LogP contribution in [-0.4, -0.2) is 23.2 Å². The molecule has 2 aromatic heterocycles. The molecule has 2 aromatic carbocycles. The minimum atomic E-state index is 0.837. The van der Waals surface area contributed by atoms with E-state index in [0.29, 0.717) is 0 Å². The SMILES string of the molecule is CCCc1noc2ccc(Oc3cccc4cnccc34)c(N3CCCCC3)c12. The summed E-state index contributed by atoms with van der Waals surface area (Å²) in [7, 11) is 0. The molecule has 0 bridgehead atoms. The summed E-state index contributed by atoms with van der Waals surface area (Å²) in [5.41, 5.74) is 2.98. The zero-order valence-corrected chi connectivity index (χ0v) is 16.7. The van der Waals surface area contributed by atoms with Crippen molar-refractivity contribution in [2.75, 3.05) is 18.0 Å². The summed E-state index contributed by atoms with van der Waals surface area (Å²) < 4.78 is 12.2. The van der Waals surface area contributed by atoms with Gasteiger partial charge in [-0.3, -0.25) is 4.98 Å². The number of piperidine rings is 1. The number of aromatic nitrogens is 2. The number of hydrogen-bond donors (Lipinski definition) is 0. The highest BCUT2D eigenvalue weighted by molar-refractivity contribution is 5.97. The van der Waals surface area contributed by atoms with Crippen LogP contribution >= 0.6 is 0 Å². The maximum Gasteiger partial charge on any atom is 0.169 e. The van der Waals surface area contributed by atoms with Gasteiger partial charge in [0.1, 0.15) is 5.75 Å². The average Bonchev–Trinajstić information content (AvgIpc) is 3.18. The van der Waals surface area contributed by atoms with Crippen molar-refractivity contribution in [2.24, 2.45) is 0 Å². The van der Waals surface area contributed by atoms with Gasteiger partial charge >= 0.3 is 0 Å². The molecule has 148 valence electrons. The molecule has 29 heavy (non-hydrogen) atoms. The molecule has 5 rings (SSSR count). The third-order valence-corrected chi connectivity index (χ3v) is 5.67. The van der Waals surface area contributed by atoms with Gasteiger partial charge in [-0.05, 0) is 49.9 Å². The molecular formula is C24H25N3O2. The first-order valence-electron chi connectivity index (χ1n) is 10.5. The van der Waals surface area contributed by atoms with Crippen molar-refractivity contribution in [2.45, 2.75) is 39.0 Å². The van der Waals surface area contributed by atoms with Crippen LogP contribution in [0.3, 0.4) is 0 Å². The van der Waals surface area contributed by atoms with Gasteiger partial charge in [-0.15, -0.1) is 0 Å². The van der Waals surface area contributed by atoms with E-state index in [1.807, 2.05) is 42.7 Å². The van der Waals surface area contributed by atoms with Crippen LogP contribution < -0.4 is 9.64 Å². The minimum absolute atomic E-state index is 0.837.